The van der Waals surface area contributed by atoms with Crippen LogP contribution in [0.15, 0.2) is 17.5 Å². The van der Waals surface area contributed by atoms with Gasteiger partial charge < -0.3 is 5.11 Å². The molecule has 0 radical (unpaired) electrons. The van der Waals surface area contributed by atoms with Gasteiger partial charge in [0, 0.05) is 4.88 Å². The van der Waals surface area contributed by atoms with Gasteiger partial charge in [-0.3, -0.25) is 0 Å². The van der Waals surface area contributed by atoms with Crippen LogP contribution in [-0.4, -0.2) is 11.2 Å². The molecule has 13 heavy (non-hydrogen) atoms. The highest BCUT2D eigenvalue weighted by Crippen LogP contribution is 2.33. The molecule has 0 aliphatic heterocycles. The number of hydrogen-bond donors (Lipinski definition) is 1. The van der Waals surface area contributed by atoms with Crippen molar-refractivity contribution in [3.8, 4) is 0 Å². The molecule has 1 nitrogen and oxygen atoms in total. The Morgan fingerprint density at radius 2 is 2.15 bits per heavy atom. The molecule has 0 spiro atoms. The summed E-state index contributed by atoms with van der Waals surface area (Å²) < 4.78 is 0. The normalized spacial score (nSPS) is 29.9. The summed E-state index contributed by atoms with van der Waals surface area (Å²) in [5.41, 5.74) is 0. The van der Waals surface area contributed by atoms with E-state index in [0.717, 1.165) is 12.8 Å². The molecule has 72 valence electrons. The van der Waals surface area contributed by atoms with E-state index in [-0.39, 0.29) is 6.10 Å². The van der Waals surface area contributed by atoms with E-state index in [1.54, 1.807) is 0 Å². The fraction of sp³-hybridized carbons (Fsp3) is 0.636. The lowest BCUT2D eigenvalue weighted by Crippen LogP contribution is -2.08. The number of hydrogen-bond acceptors (Lipinski definition) is 2. The summed E-state index contributed by atoms with van der Waals surface area (Å²) in [5.74, 6) is 0.623. The molecule has 2 heteroatoms. The third kappa shape index (κ3) is 2.32. The minimum absolute atomic E-state index is 0.0606. The number of rotatable bonds is 1. The molecule has 0 bridgehead atoms. The van der Waals surface area contributed by atoms with Crippen LogP contribution in [0.4, 0.5) is 0 Å². The van der Waals surface area contributed by atoms with Crippen molar-refractivity contribution >= 4 is 11.3 Å². The predicted molar refractivity (Wildman–Crippen MR) is 56.2 cm³/mol. The first-order chi connectivity index (χ1) is 6.36. The molecule has 0 amide bonds. The second-order valence-corrected chi connectivity index (χ2v) is 4.87. The van der Waals surface area contributed by atoms with Crippen LogP contribution in [0, 0.1) is 0 Å². The summed E-state index contributed by atoms with van der Waals surface area (Å²) in [6.07, 6.45) is 5.65. The monoisotopic (exact) mass is 196 g/mol. The van der Waals surface area contributed by atoms with Crippen molar-refractivity contribution in [2.75, 3.05) is 0 Å². The van der Waals surface area contributed by atoms with Crippen molar-refractivity contribution in [1.82, 2.24) is 0 Å². The van der Waals surface area contributed by atoms with Gasteiger partial charge in [-0.15, -0.1) is 11.3 Å². The molecule has 1 aromatic rings. The predicted octanol–water partition coefficient (Wildman–Crippen LogP) is 3.16. The zero-order valence-corrected chi connectivity index (χ0v) is 8.59. The Morgan fingerprint density at radius 3 is 2.92 bits per heavy atom. The highest BCUT2D eigenvalue weighted by Gasteiger charge is 2.20. The Labute approximate surface area is 83.4 Å². The maximum Gasteiger partial charge on any atom is 0.0546 e. The quantitative estimate of drug-likeness (QED) is 0.684. The smallest absolute Gasteiger partial charge is 0.0546 e. The van der Waals surface area contributed by atoms with Gasteiger partial charge in [-0.25, -0.2) is 0 Å². The summed E-state index contributed by atoms with van der Waals surface area (Å²) in [4.78, 5) is 1.46. The lowest BCUT2D eigenvalue weighted by Gasteiger charge is -2.14. The number of aliphatic hydroxyl groups excluding tert-OH is 1. The van der Waals surface area contributed by atoms with Crippen LogP contribution in [0.5, 0.6) is 0 Å². The molecule has 1 aliphatic carbocycles. The molecule has 0 saturated heterocycles. The number of thiophene rings is 1. The molecule has 2 unspecified atom stereocenters. The molecule has 1 fully saturated rings. The van der Waals surface area contributed by atoms with Crippen LogP contribution in [0.1, 0.15) is 42.9 Å². The van der Waals surface area contributed by atoms with Gasteiger partial charge in [0.2, 0.25) is 0 Å². The fourth-order valence-electron chi connectivity index (χ4n) is 2.12. The zero-order chi connectivity index (χ0) is 9.10. The second kappa shape index (κ2) is 4.25. The summed E-state index contributed by atoms with van der Waals surface area (Å²) in [6.45, 7) is 0. The first kappa shape index (κ1) is 9.22. The summed E-state index contributed by atoms with van der Waals surface area (Å²) in [6, 6.07) is 4.31. The van der Waals surface area contributed by atoms with E-state index >= 15 is 0 Å². The third-order valence-corrected chi connectivity index (χ3v) is 3.88. The molecule has 1 heterocycles. The minimum Gasteiger partial charge on any atom is -0.393 e. The molecule has 1 aromatic heterocycles. The van der Waals surface area contributed by atoms with Crippen LogP contribution in [0.3, 0.4) is 0 Å². The Kier molecular flexibility index (Phi) is 3.01. The third-order valence-electron chi connectivity index (χ3n) is 2.84. The van der Waals surface area contributed by atoms with Gasteiger partial charge in [0.15, 0.2) is 0 Å². The number of aliphatic hydroxyl groups is 1. The van der Waals surface area contributed by atoms with Gasteiger partial charge in [-0.1, -0.05) is 18.9 Å². The van der Waals surface area contributed by atoms with Gasteiger partial charge in [-0.05, 0) is 36.6 Å². The standard InChI is InChI=1S/C11H16OS/c12-10-5-2-1-4-9(8-10)11-6-3-7-13-11/h3,6-7,9-10,12H,1-2,4-5,8H2. The molecule has 1 N–H and O–H groups in total. The molecule has 1 saturated carbocycles. The van der Waals surface area contributed by atoms with Gasteiger partial charge in [0.05, 0.1) is 6.10 Å². The van der Waals surface area contributed by atoms with E-state index in [9.17, 15) is 5.11 Å². The van der Waals surface area contributed by atoms with Crippen molar-refractivity contribution in [2.45, 2.75) is 44.1 Å². The highest BCUT2D eigenvalue weighted by atomic mass is 32.1. The van der Waals surface area contributed by atoms with Gasteiger partial charge in [0.25, 0.3) is 0 Å². The molecular weight excluding hydrogens is 180 g/mol. The van der Waals surface area contributed by atoms with E-state index in [1.165, 1.54) is 24.1 Å². The summed E-state index contributed by atoms with van der Waals surface area (Å²) in [5, 5.41) is 11.8. The Balaban J connectivity index is 2.05. The molecule has 2 atom stereocenters. The Morgan fingerprint density at radius 1 is 1.31 bits per heavy atom. The molecule has 1 aliphatic rings. The van der Waals surface area contributed by atoms with Crippen molar-refractivity contribution in [1.29, 1.82) is 0 Å². The van der Waals surface area contributed by atoms with Crippen LogP contribution in [0.2, 0.25) is 0 Å². The molecule has 0 aromatic carbocycles. The van der Waals surface area contributed by atoms with Crippen LogP contribution in [-0.2, 0) is 0 Å². The van der Waals surface area contributed by atoms with E-state index < -0.39 is 0 Å². The minimum atomic E-state index is -0.0606. The van der Waals surface area contributed by atoms with Crippen molar-refractivity contribution < 1.29 is 5.11 Å². The van der Waals surface area contributed by atoms with Crippen molar-refractivity contribution in [3.63, 3.8) is 0 Å². The van der Waals surface area contributed by atoms with E-state index in [4.69, 9.17) is 0 Å². The Bertz CT molecular complexity index is 243. The topological polar surface area (TPSA) is 20.2 Å². The SMILES string of the molecule is OC1CCCCC(c2cccs2)C1. The van der Waals surface area contributed by atoms with Crippen LogP contribution in [0.25, 0.3) is 0 Å². The maximum absolute atomic E-state index is 9.66. The van der Waals surface area contributed by atoms with Crippen LogP contribution >= 0.6 is 11.3 Å². The van der Waals surface area contributed by atoms with Gasteiger partial charge in [-0.2, -0.15) is 0 Å². The largest absolute Gasteiger partial charge is 0.393 e. The van der Waals surface area contributed by atoms with Gasteiger partial charge in [0.1, 0.15) is 0 Å². The fourth-order valence-corrected chi connectivity index (χ4v) is 2.99. The lowest BCUT2D eigenvalue weighted by atomic mass is 9.98. The maximum atomic E-state index is 9.66. The molecule has 2 rings (SSSR count). The van der Waals surface area contributed by atoms with Gasteiger partial charge >= 0.3 is 0 Å². The van der Waals surface area contributed by atoms with Crippen molar-refractivity contribution in [2.24, 2.45) is 0 Å². The van der Waals surface area contributed by atoms with E-state index in [1.807, 2.05) is 11.3 Å². The summed E-state index contributed by atoms with van der Waals surface area (Å²) in [7, 11) is 0. The second-order valence-electron chi connectivity index (χ2n) is 3.89. The highest BCUT2D eigenvalue weighted by molar-refractivity contribution is 7.10. The zero-order valence-electron chi connectivity index (χ0n) is 7.78. The van der Waals surface area contributed by atoms with E-state index in [0.29, 0.717) is 5.92 Å². The molecular formula is C11H16OS. The average Bonchev–Trinajstić information content (AvgIpc) is 2.56. The Hall–Kier alpha value is -0.340. The van der Waals surface area contributed by atoms with Crippen LogP contribution < -0.4 is 0 Å². The first-order valence-corrected chi connectivity index (χ1v) is 5.95. The first-order valence-electron chi connectivity index (χ1n) is 5.08. The lowest BCUT2D eigenvalue weighted by molar-refractivity contribution is 0.152. The van der Waals surface area contributed by atoms with Crippen molar-refractivity contribution in [3.05, 3.63) is 22.4 Å². The van der Waals surface area contributed by atoms with E-state index in [2.05, 4.69) is 17.5 Å². The summed E-state index contributed by atoms with van der Waals surface area (Å²) >= 11 is 1.83. The average molecular weight is 196 g/mol.